The second-order valence-corrected chi connectivity index (χ2v) is 42.2. The molecule has 752 valence electrons. The molecule has 3 heterocycles. The molecule has 5 N–H and O–H groups in total. The summed E-state index contributed by atoms with van der Waals surface area (Å²) in [5.41, 5.74) is 14.8. The highest BCUT2D eigenvalue weighted by Gasteiger charge is 2.59. The van der Waals surface area contributed by atoms with E-state index in [0.29, 0.717) is 124 Å². The van der Waals surface area contributed by atoms with E-state index in [2.05, 4.69) is 71.3 Å². The first-order valence-corrected chi connectivity index (χ1v) is 51.6. The topological polar surface area (TPSA) is 242 Å². The van der Waals surface area contributed by atoms with Gasteiger partial charge in [-0.2, -0.15) is 0 Å². The number of nitrogens with zero attached hydrogens (tertiary/aromatic N) is 1. The molecule has 0 radical (unpaired) electrons. The van der Waals surface area contributed by atoms with E-state index in [9.17, 15) is 51.0 Å². The van der Waals surface area contributed by atoms with Gasteiger partial charge in [-0.15, -0.1) is 0 Å². The molecule has 10 bridgehead atoms. The number of carbonyl (C=O) groups is 5. The summed E-state index contributed by atoms with van der Waals surface area (Å²) in [6, 6.07) is 41.8. The monoisotopic (exact) mass is 1910 g/mol. The highest BCUT2D eigenvalue weighted by Crippen LogP contribution is 2.64. The quantitative estimate of drug-likeness (QED) is 0.0231. The van der Waals surface area contributed by atoms with Gasteiger partial charge in [0.05, 0.1) is 62.8 Å². The van der Waals surface area contributed by atoms with Crippen LogP contribution in [0.2, 0.25) is 0 Å². The van der Waals surface area contributed by atoms with Crippen molar-refractivity contribution in [3.05, 3.63) is 209 Å². The maximum atomic E-state index is 13.2. The van der Waals surface area contributed by atoms with Gasteiger partial charge in [-0.3, -0.25) is 24.0 Å². The normalized spacial score (nSPS) is 29.4. The Kier molecular flexibility index (Phi) is 35.9. The Labute approximate surface area is 814 Å². The van der Waals surface area contributed by atoms with Crippen LogP contribution in [0, 0.1) is 27.1 Å². The smallest absolute Gasteiger partial charge is 0.311 e. The fourth-order valence-electron chi connectivity index (χ4n) is 24.8. The van der Waals surface area contributed by atoms with Gasteiger partial charge in [-0.05, 0) is 382 Å². The summed E-state index contributed by atoms with van der Waals surface area (Å²) < 4.78 is 113. The molecule has 15 aliphatic carbocycles. The van der Waals surface area contributed by atoms with E-state index in [1.807, 2.05) is 93.3 Å². The van der Waals surface area contributed by atoms with Crippen LogP contribution >= 0.6 is 0 Å². The molecule has 0 atom stereocenters. The van der Waals surface area contributed by atoms with E-state index < -0.39 is 11.4 Å². The lowest BCUT2D eigenvalue weighted by molar-refractivity contribution is -0.160. The predicted molar refractivity (Wildman–Crippen MR) is 526 cm³/mol. The van der Waals surface area contributed by atoms with Gasteiger partial charge in [-0.25, -0.2) is 22.0 Å². The van der Waals surface area contributed by atoms with Gasteiger partial charge in [-0.1, -0.05) is 88.4 Å². The lowest BCUT2D eigenvalue weighted by Crippen LogP contribution is -2.54. The van der Waals surface area contributed by atoms with E-state index in [0.717, 1.165) is 287 Å². The Bertz CT molecular complexity index is 4760. The zero-order valence-electron chi connectivity index (χ0n) is 82.4. The Balaban J connectivity index is 0.000000138. The molecule has 0 unspecified atom stereocenters. The third-order valence-corrected chi connectivity index (χ3v) is 35.4. The molecule has 18 fully saturated rings. The predicted octanol–water partition coefficient (Wildman–Crippen LogP) is 23.9. The zero-order chi connectivity index (χ0) is 97.5. The van der Waals surface area contributed by atoms with E-state index in [4.69, 9.17) is 48.4 Å². The van der Waals surface area contributed by atoms with Gasteiger partial charge < -0.3 is 69.0 Å². The third-order valence-electron chi connectivity index (χ3n) is 35.4. The van der Waals surface area contributed by atoms with Crippen LogP contribution in [0.25, 0.3) is 0 Å². The molecule has 3 saturated heterocycles. The number of halogens is 5. The first-order valence-electron chi connectivity index (χ1n) is 51.6. The first-order chi connectivity index (χ1) is 66.9. The Hall–Kier alpha value is -9.36. The lowest BCUT2D eigenvalue weighted by atomic mass is 9.51. The Morgan fingerprint density at radius 2 is 0.565 bits per heavy atom. The molecule has 19 nitrogen and oxygen atoms in total. The number of aliphatic carboxylic acids is 1. The average molecular weight is 1910 g/mol. The fourth-order valence-corrected chi connectivity index (χ4v) is 24.8. The van der Waals surface area contributed by atoms with Crippen LogP contribution < -0.4 is 40.1 Å². The number of carbonyl (C=O) groups excluding carboxylic acids is 4. The summed E-state index contributed by atoms with van der Waals surface area (Å²) in [5, 5.41) is 16.2. The van der Waals surface area contributed by atoms with Crippen LogP contribution in [0.4, 0.5) is 22.0 Å². The molecule has 3 aliphatic heterocycles. The summed E-state index contributed by atoms with van der Waals surface area (Å²) in [6.07, 6.45) is 38.8. The maximum absolute atomic E-state index is 13.2. The highest BCUT2D eigenvalue weighted by molar-refractivity contribution is 5.85. The van der Waals surface area contributed by atoms with Crippen LogP contribution in [0.15, 0.2) is 181 Å². The van der Waals surface area contributed by atoms with Crippen LogP contribution in [0.3, 0.4) is 0 Å². The number of carboxylic acids is 1. The number of benzene rings is 5. The number of esters is 1. The molecule has 24 heteroatoms. The van der Waals surface area contributed by atoms with Crippen LogP contribution in [-0.2, 0) is 70.0 Å². The largest absolute Gasteiger partial charge is 0.489 e. The summed E-state index contributed by atoms with van der Waals surface area (Å²) in [7, 11) is 1.49. The van der Waals surface area contributed by atoms with Gasteiger partial charge in [0, 0.05) is 80.0 Å². The number of rotatable bonds is 32. The van der Waals surface area contributed by atoms with Gasteiger partial charge >= 0.3 is 11.9 Å². The molecule has 138 heavy (non-hydrogen) atoms. The Morgan fingerprint density at radius 1 is 0.341 bits per heavy atom. The van der Waals surface area contributed by atoms with E-state index in [1.165, 1.54) is 34.9 Å². The Morgan fingerprint density at radius 3 is 0.790 bits per heavy atom. The number of fused-ring (bicyclic) bond motifs is 15. The number of carboxylic acid groups (broad SMARTS) is 1. The van der Waals surface area contributed by atoms with Crippen molar-refractivity contribution in [3.8, 4) is 28.7 Å². The number of hydrogen-bond acceptors (Lipinski definition) is 15. The van der Waals surface area contributed by atoms with Crippen molar-refractivity contribution in [1.82, 2.24) is 15.5 Å². The van der Waals surface area contributed by atoms with E-state index in [1.54, 1.807) is 0 Å². The summed E-state index contributed by atoms with van der Waals surface area (Å²) >= 11 is 0. The highest BCUT2D eigenvalue weighted by atomic mass is 19.1. The van der Waals surface area contributed by atoms with E-state index in [-0.39, 0.29) is 98.4 Å². The second-order valence-electron chi connectivity index (χ2n) is 42.2. The summed E-state index contributed by atoms with van der Waals surface area (Å²) in [4.78, 5) is 65.1. The number of methoxy groups -OCH3 is 1. The zero-order valence-corrected chi connectivity index (χ0v) is 82.4. The van der Waals surface area contributed by atoms with Gasteiger partial charge in [0.1, 0.15) is 61.8 Å². The maximum Gasteiger partial charge on any atom is 0.311 e. The first kappa shape index (κ1) is 104. The van der Waals surface area contributed by atoms with Gasteiger partial charge in [0.25, 0.3) is 0 Å². The minimum Gasteiger partial charge on any atom is -0.489 e. The van der Waals surface area contributed by atoms with Crippen molar-refractivity contribution in [2.45, 2.75) is 311 Å². The van der Waals surface area contributed by atoms with Crippen LogP contribution in [0.5, 0.6) is 28.7 Å². The molecule has 18 aliphatic rings. The molecule has 5 aromatic rings. The minimum absolute atomic E-state index is 0.0304. The number of nitrogens with two attached hydrogens (primary N) is 1. The standard InChI is InChI=1S/C25H34FNO3.C24H33FN2O3.C24H32FNO3.C21H27FO3.C20H25FO3/c1-2-19(17-26)18-30-22-5-3-20(4-6-22)24-9-12-25(13-10-24,14-11-24)23(28)27-21-7-15-29-16-8-21;25-15-18(16-26)17-30-21-3-1-19(2-4-21)23-7-10-24(11-8-23,12-9-23)22(28)27-20-5-13-29-14-6-20;1-2-19(17-25)18-29-21-5-3-20(4-6-21)23-7-10-24(11-8-23,12-9-23)22(27)26-13-15-28-16-14-26;1-3-16(14-22)15-25-18-6-4-17(5-7-18)20-8-11-21(12-9-20,13-10-20)19(23)24-2;1-2-15(13-21)14-24-17-5-3-16(4-6-17)19-7-10-20(11-8-19,12-9-19)18(22)23/h3-6,17,21H,2,7-16,18H2,1H3,(H,27,28);1-4,15,20H,5-14,16-17,26H2,(H,27,28);3-6,17H,2,7-16,18H2,1H3;4-7,14H,3,8-13,15H2,1-2H3;3-6,13H,2,7-12,14H2,1H3,(H,22,23)/b19-17+;18-15-;19-17+;16-14+;15-13+. The van der Waals surface area contributed by atoms with Crippen molar-refractivity contribution < 1.29 is 93.7 Å². The van der Waals surface area contributed by atoms with Crippen molar-refractivity contribution in [2.24, 2.45) is 32.8 Å². The van der Waals surface area contributed by atoms with E-state index >= 15 is 0 Å². The number of hydrogen-bond donors (Lipinski definition) is 4. The van der Waals surface area contributed by atoms with Crippen molar-refractivity contribution in [3.63, 3.8) is 0 Å². The number of nitrogens with one attached hydrogen (secondary N) is 2. The van der Waals surface area contributed by atoms with Gasteiger partial charge in [0.2, 0.25) is 17.7 Å². The second kappa shape index (κ2) is 47.5. The SMILES string of the molecule is CC/C(=C\F)COc1ccc(C23CCC(C(=O)N4CCOCC4)(CC2)CC3)cc1.CC/C(=C\F)COc1ccc(C23CCC(C(=O)NC4CCOCC4)(CC2)CC3)cc1.CC/C(=C\F)COc1ccc(C23CCC(C(=O)O)(CC2)CC3)cc1.CC/C(=C\F)COc1ccc(C23CCC(C(=O)OC)(CC2)CC3)cc1.NC/C(=C/F)COc1ccc(C23CCC(C(=O)NC4CCOCC4)(CC2)CC3)cc1. The molecule has 0 aromatic heterocycles. The molecule has 0 spiro atoms. The van der Waals surface area contributed by atoms with Crippen LogP contribution in [0.1, 0.15) is 300 Å². The molecular formula is C114H151F5N4O15. The average Bonchev–Trinajstić information content (AvgIpc) is 0.762. The van der Waals surface area contributed by atoms with Crippen molar-refractivity contribution in [2.75, 3.05) is 99.4 Å². The van der Waals surface area contributed by atoms with Crippen molar-refractivity contribution in [1.29, 1.82) is 0 Å². The number of amides is 3. The lowest BCUT2D eigenvalue weighted by Gasteiger charge is -2.54. The molecule has 5 aromatic carbocycles. The van der Waals surface area contributed by atoms with Crippen molar-refractivity contribution >= 4 is 29.7 Å². The molecule has 15 saturated carbocycles. The summed E-state index contributed by atoms with van der Waals surface area (Å²) in [6.45, 7) is 15.0. The number of ether oxygens (including phenoxy) is 9. The third kappa shape index (κ3) is 24.0. The fraction of sp³-hybridized carbons (Fsp3) is 0.605. The van der Waals surface area contributed by atoms with Gasteiger partial charge in [0.15, 0.2) is 0 Å². The molecule has 23 rings (SSSR count). The molecular weight excluding hydrogens is 1760 g/mol. The summed E-state index contributed by atoms with van der Waals surface area (Å²) in [5.74, 6) is 4.05. The van der Waals surface area contributed by atoms with Crippen LogP contribution in [-0.4, -0.2) is 151 Å². The number of morpholine rings is 1. The minimum atomic E-state index is -0.618. The molecule has 3 amide bonds.